The van der Waals surface area contributed by atoms with Gasteiger partial charge in [0.05, 0.1) is 13.2 Å². The number of carbonyl (C=O) groups is 1. The van der Waals surface area contributed by atoms with Crippen LogP contribution >= 0.6 is 0 Å². The smallest absolute Gasteiger partial charge is 0.241 e. The summed E-state index contributed by atoms with van der Waals surface area (Å²) in [5.74, 6) is 1.06. The monoisotopic (exact) mass is 290 g/mol. The lowest BCUT2D eigenvalue weighted by atomic mass is 10.1. The van der Waals surface area contributed by atoms with E-state index in [-0.39, 0.29) is 18.1 Å². The third-order valence-corrected chi connectivity index (χ3v) is 3.99. The Labute approximate surface area is 127 Å². The molecule has 1 aromatic rings. The fraction of sp³-hybridized carbons (Fsp3) is 0.588. The molecule has 0 saturated carbocycles. The first kappa shape index (κ1) is 15.8. The maximum atomic E-state index is 12.6. The van der Waals surface area contributed by atoms with Crippen LogP contribution in [0.5, 0.6) is 5.75 Å². The van der Waals surface area contributed by atoms with Crippen molar-refractivity contribution < 1.29 is 9.53 Å². The molecule has 1 heterocycles. The minimum absolute atomic E-state index is 0.0318. The molecule has 0 spiro atoms. The van der Waals surface area contributed by atoms with Crippen molar-refractivity contribution in [2.45, 2.75) is 51.7 Å². The average Bonchev–Trinajstić information content (AvgIpc) is 2.82. The second-order valence-electron chi connectivity index (χ2n) is 5.57. The van der Waals surface area contributed by atoms with Gasteiger partial charge in [-0.05, 0) is 30.5 Å². The van der Waals surface area contributed by atoms with E-state index >= 15 is 0 Å². The van der Waals surface area contributed by atoms with Crippen molar-refractivity contribution in [2.75, 3.05) is 13.7 Å². The zero-order valence-electron chi connectivity index (χ0n) is 13.3. The van der Waals surface area contributed by atoms with Gasteiger partial charge in [-0.15, -0.1) is 0 Å². The third kappa shape index (κ3) is 3.56. The Bertz CT molecular complexity index is 476. The number of rotatable bonds is 7. The van der Waals surface area contributed by atoms with Crippen LogP contribution in [0.3, 0.4) is 0 Å². The molecule has 21 heavy (non-hydrogen) atoms. The Morgan fingerprint density at radius 1 is 1.29 bits per heavy atom. The number of carbonyl (C=O) groups excluding carboxylic acids is 1. The fourth-order valence-electron chi connectivity index (χ4n) is 2.83. The van der Waals surface area contributed by atoms with Crippen LogP contribution in [0, 0.1) is 0 Å². The van der Waals surface area contributed by atoms with E-state index < -0.39 is 0 Å². The van der Waals surface area contributed by atoms with E-state index in [1.807, 2.05) is 23.1 Å². The summed E-state index contributed by atoms with van der Waals surface area (Å²) >= 11 is 0. The summed E-state index contributed by atoms with van der Waals surface area (Å²) in [6, 6.07) is 7.92. The van der Waals surface area contributed by atoms with Crippen molar-refractivity contribution in [3.05, 3.63) is 29.8 Å². The van der Waals surface area contributed by atoms with E-state index in [2.05, 4.69) is 25.2 Å². The van der Waals surface area contributed by atoms with E-state index in [4.69, 9.17) is 4.74 Å². The van der Waals surface area contributed by atoms with Crippen molar-refractivity contribution >= 4 is 5.91 Å². The average molecular weight is 290 g/mol. The minimum Gasteiger partial charge on any atom is -0.497 e. The van der Waals surface area contributed by atoms with Gasteiger partial charge in [-0.2, -0.15) is 0 Å². The number of nitrogens with one attached hydrogen (secondary N) is 1. The number of ether oxygens (including phenoxy) is 1. The summed E-state index contributed by atoms with van der Waals surface area (Å²) in [6.07, 6.45) is 3.99. The fourth-order valence-corrected chi connectivity index (χ4v) is 2.83. The van der Waals surface area contributed by atoms with Crippen LogP contribution in [0.25, 0.3) is 0 Å². The summed E-state index contributed by atoms with van der Waals surface area (Å²) in [6.45, 7) is 5.08. The molecule has 0 radical (unpaired) electrons. The summed E-state index contributed by atoms with van der Waals surface area (Å²) in [5, 5.41) is 3.49. The van der Waals surface area contributed by atoms with Crippen LogP contribution in [-0.4, -0.2) is 30.5 Å². The summed E-state index contributed by atoms with van der Waals surface area (Å²) < 4.78 is 5.30. The highest BCUT2D eigenvalue weighted by atomic mass is 16.5. The first-order valence-corrected chi connectivity index (χ1v) is 7.91. The lowest BCUT2D eigenvalue weighted by Crippen LogP contribution is -2.32. The lowest BCUT2D eigenvalue weighted by molar-refractivity contribution is -0.130. The van der Waals surface area contributed by atoms with Gasteiger partial charge in [-0.1, -0.05) is 38.8 Å². The van der Waals surface area contributed by atoms with Crippen LogP contribution in [0.15, 0.2) is 24.3 Å². The Hall–Kier alpha value is -1.55. The van der Waals surface area contributed by atoms with Crippen molar-refractivity contribution in [1.29, 1.82) is 0 Å². The molecule has 1 saturated heterocycles. The Balaban J connectivity index is 2.22. The molecule has 4 heteroatoms. The number of hydrogen-bond acceptors (Lipinski definition) is 3. The summed E-state index contributed by atoms with van der Waals surface area (Å²) in [4.78, 5) is 14.6. The van der Waals surface area contributed by atoms with Crippen LogP contribution in [0.1, 0.15) is 51.3 Å². The molecule has 1 fully saturated rings. The molecule has 1 aliphatic rings. The second-order valence-corrected chi connectivity index (χ2v) is 5.57. The van der Waals surface area contributed by atoms with Gasteiger partial charge in [-0.3, -0.25) is 10.1 Å². The molecule has 0 aromatic heterocycles. The minimum atomic E-state index is -0.0527. The number of unbranched alkanes of at least 4 members (excludes halogenated alkanes) is 1. The third-order valence-electron chi connectivity index (χ3n) is 3.99. The summed E-state index contributed by atoms with van der Waals surface area (Å²) in [5.41, 5.74) is 1.09. The Morgan fingerprint density at radius 2 is 2.10 bits per heavy atom. The van der Waals surface area contributed by atoms with Crippen LogP contribution in [-0.2, 0) is 4.79 Å². The molecule has 0 aliphatic carbocycles. The molecular weight excluding hydrogens is 264 g/mol. The molecule has 2 atom stereocenters. The number of nitrogens with zero attached hydrogens (tertiary/aromatic N) is 1. The van der Waals surface area contributed by atoms with E-state index in [1.165, 1.54) is 0 Å². The van der Waals surface area contributed by atoms with Crippen molar-refractivity contribution in [3.8, 4) is 5.75 Å². The maximum Gasteiger partial charge on any atom is 0.241 e. The van der Waals surface area contributed by atoms with Gasteiger partial charge in [0.15, 0.2) is 0 Å². The summed E-state index contributed by atoms with van der Waals surface area (Å²) in [7, 11) is 1.67. The molecule has 1 aliphatic heterocycles. The first-order chi connectivity index (χ1) is 10.2. The predicted molar refractivity (Wildman–Crippen MR) is 84.2 cm³/mol. The van der Waals surface area contributed by atoms with Gasteiger partial charge in [0.2, 0.25) is 5.91 Å². The zero-order valence-corrected chi connectivity index (χ0v) is 13.3. The van der Waals surface area contributed by atoms with E-state index in [0.29, 0.717) is 0 Å². The zero-order chi connectivity index (χ0) is 15.2. The molecule has 2 unspecified atom stereocenters. The number of benzene rings is 1. The number of amides is 1. The predicted octanol–water partition coefficient (Wildman–Crippen LogP) is 3.09. The van der Waals surface area contributed by atoms with Crippen LogP contribution in [0.2, 0.25) is 0 Å². The number of methoxy groups -OCH3 is 1. The lowest BCUT2D eigenvalue weighted by Gasteiger charge is -2.24. The van der Waals surface area contributed by atoms with Gasteiger partial charge < -0.3 is 9.64 Å². The first-order valence-electron chi connectivity index (χ1n) is 7.91. The molecule has 2 rings (SSSR count). The highest BCUT2D eigenvalue weighted by Gasteiger charge is 2.38. The van der Waals surface area contributed by atoms with Gasteiger partial charge >= 0.3 is 0 Å². The van der Waals surface area contributed by atoms with E-state index in [0.717, 1.165) is 43.5 Å². The van der Waals surface area contributed by atoms with Crippen molar-refractivity contribution in [1.82, 2.24) is 10.2 Å². The quantitative estimate of drug-likeness (QED) is 0.839. The van der Waals surface area contributed by atoms with Gasteiger partial charge in [0, 0.05) is 6.54 Å². The van der Waals surface area contributed by atoms with Crippen molar-refractivity contribution in [2.24, 2.45) is 0 Å². The highest BCUT2D eigenvalue weighted by molar-refractivity contribution is 5.84. The Morgan fingerprint density at radius 3 is 2.76 bits per heavy atom. The molecule has 1 N–H and O–H groups in total. The molecule has 116 valence electrons. The van der Waals surface area contributed by atoms with Crippen LogP contribution in [0.4, 0.5) is 0 Å². The van der Waals surface area contributed by atoms with Gasteiger partial charge in [-0.25, -0.2) is 0 Å². The molecule has 0 bridgehead atoms. The molecule has 4 nitrogen and oxygen atoms in total. The number of hydrogen-bond donors (Lipinski definition) is 1. The highest BCUT2D eigenvalue weighted by Crippen LogP contribution is 2.29. The van der Waals surface area contributed by atoms with Gasteiger partial charge in [0.25, 0.3) is 0 Å². The standard InChI is InChI=1S/C17H26N2O2/c1-4-6-11-19-16(18-15(8-5-2)17(19)20)13-9-7-10-14(12-13)21-3/h7,9-10,12,15-16,18H,4-6,8,11H2,1-3H3. The second kappa shape index (κ2) is 7.46. The van der Waals surface area contributed by atoms with Gasteiger partial charge in [0.1, 0.15) is 11.9 Å². The molecule has 1 aromatic carbocycles. The normalized spacial score (nSPS) is 21.9. The van der Waals surface area contributed by atoms with E-state index in [1.54, 1.807) is 7.11 Å². The topological polar surface area (TPSA) is 41.6 Å². The molecular formula is C17H26N2O2. The van der Waals surface area contributed by atoms with E-state index in [9.17, 15) is 4.79 Å². The Kier molecular flexibility index (Phi) is 5.62. The SMILES string of the molecule is CCCCN1C(=O)C(CCC)NC1c1cccc(OC)c1. The molecule has 1 amide bonds. The maximum absolute atomic E-state index is 12.6. The van der Waals surface area contributed by atoms with Crippen LogP contribution < -0.4 is 10.1 Å². The largest absolute Gasteiger partial charge is 0.497 e. The van der Waals surface area contributed by atoms with Crippen molar-refractivity contribution in [3.63, 3.8) is 0 Å².